The summed E-state index contributed by atoms with van der Waals surface area (Å²) >= 11 is 0. The number of carboxylic acid groups (broad SMARTS) is 1. The number of nitrogens with one attached hydrogen (secondary N) is 1. The Bertz CT molecular complexity index is 1850. The van der Waals surface area contributed by atoms with E-state index in [9.17, 15) is 32.7 Å². The molecular formula is C40H44F3N3O8. The Labute approximate surface area is 311 Å². The smallest absolute Gasteiger partial charge is 0.305 e. The molecule has 6 rings (SSSR count). The number of nitrogens with zero attached hydrogens (tertiary/aromatic N) is 2. The van der Waals surface area contributed by atoms with Crippen molar-refractivity contribution in [2.45, 2.75) is 69.2 Å². The lowest BCUT2D eigenvalue weighted by molar-refractivity contribution is -0.141. The van der Waals surface area contributed by atoms with Gasteiger partial charge in [-0.15, -0.1) is 0 Å². The van der Waals surface area contributed by atoms with Crippen molar-refractivity contribution in [3.05, 3.63) is 94.8 Å². The number of fused-ring (bicyclic) bond motifs is 2. The summed E-state index contributed by atoms with van der Waals surface area (Å²) in [6.45, 7) is 1.08. The van der Waals surface area contributed by atoms with E-state index in [0.29, 0.717) is 55.5 Å². The van der Waals surface area contributed by atoms with Gasteiger partial charge in [-0.2, -0.15) is 4.39 Å². The Morgan fingerprint density at radius 1 is 0.907 bits per heavy atom. The maximum absolute atomic E-state index is 14.6. The standard InChI is InChI=1S/C40H44F3N3O8/c1-52-29-10-12-30(13-11-29)53-18-16-46(27-8-9-27)40(51)37-31(19-26-22-45(23-34(37)44-26)35(48)20-28(47)21-36(49)50)25-6-4-24(5-7-25)3-2-17-54-39-33(42)15-14-32(41)38(39)43/h4-7,10-15,26-28,34,44,47H,2-3,8-9,16-23H2,1H3,(H,49,50). The summed E-state index contributed by atoms with van der Waals surface area (Å²) < 4.78 is 57.9. The Morgan fingerprint density at radius 2 is 1.61 bits per heavy atom. The Kier molecular flexibility index (Phi) is 12.4. The number of hydrogen-bond acceptors (Lipinski definition) is 8. The average Bonchev–Trinajstić information content (AvgIpc) is 4.00. The molecular weight excluding hydrogens is 707 g/mol. The van der Waals surface area contributed by atoms with Gasteiger partial charge in [-0.3, -0.25) is 14.4 Å². The predicted molar refractivity (Wildman–Crippen MR) is 192 cm³/mol. The topological polar surface area (TPSA) is 138 Å². The molecule has 2 amide bonds. The van der Waals surface area contributed by atoms with Gasteiger partial charge in [0.15, 0.2) is 17.4 Å². The second-order valence-electron chi connectivity index (χ2n) is 13.8. The largest absolute Gasteiger partial charge is 0.497 e. The van der Waals surface area contributed by atoms with Crippen molar-refractivity contribution in [2.75, 3.05) is 40.0 Å². The van der Waals surface area contributed by atoms with E-state index in [2.05, 4.69) is 5.32 Å². The van der Waals surface area contributed by atoms with Crippen LogP contribution in [0.4, 0.5) is 13.2 Å². The van der Waals surface area contributed by atoms with Gasteiger partial charge in [0.1, 0.15) is 18.1 Å². The number of ether oxygens (including phenoxy) is 3. The number of rotatable bonds is 17. The number of aliphatic hydroxyl groups excluding tert-OH is 1. The number of carbonyl (C=O) groups is 3. The molecule has 2 bridgehead atoms. The van der Waals surface area contributed by atoms with E-state index in [1.165, 1.54) is 0 Å². The molecule has 0 radical (unpaired) electrons. The molecule has 0 aromatic heterocycles. The van der Waals surface area contributed by atoms with Gasteiger partial charge < -0.3 is 39.5 Å². The van der Waals surface area contributed by atoms with Crippen molar-refractivity contribution in [2.24, 2.45) is 0 Å². The summed E-state index contributed by atoms with van der Waals surface area (Å²) in [5.41, 5.74) is 3.18. The average molecular weight is 752 g/mol. The number of carboxylic acids is 1. The van der Waals surface area contributed by atoms with Crippen molar-refractivity contribution in [3.63, 3.8) is 0 Å². The molecule has 54 heavy (non-hydrogen) atoms. The summed E-state index contributed by atoms with van der Waals surface area (Å²) in [6.07, 6.45) is 0.905. The van der Waals surface area contributed by atoms with Crippen molar-refractivity contribution >= 4 is 23.4 Å². The summed E-state index contributed by atoms with van der Waals surface area (Å²) in [7, 11) is 1.59. The predicted octanol–water partition coefficient (Wildman–Crippen LogP) is 4.75. The first-order valence-electron chi connectivity index (χ1n) is 18.1. The molecule has 3 aliphatic rings. The fourth-order valence-electron chi connectivity index (χ4n) is 7.06. The molecule has 11 nitrogen and oxygen atoms in total. The first kappa shape index (κ1) is 38.6. The number of carbonyl (C=O) groups excluding carboxylic acids is 2. The summed E-state index contributed by atoms with van der Waals surface area (Å²) in [6, 6.07) is 15.8. The molecule has 3 aromatic rings. The number of aliphatic carboxylic acids is 1. The van der Waals surface area contributed by atoms with Crippen LogP contribution in [-0.4, -0.2) is 102 Å². The third-order valence-corrected chi connectivity index (χ3v) is 9.88. The quantitative estimate of drug-likeness (QED) is 0.132. The highest BCUT2D eigenvalue weighted by molar-refractivity contribution is 6.03. The van der Waals surface area contributed by atoms with E-state index in [1.807, 2.05) is 29.2 Å². The number of methoxy groups -OCH3 is 1. The van der Waals surface area contributed by atoms with Crippen LogP contribution in [0.1, 0.15) is 49.7 Å². The summed E-state index contributed by atoms with van der Waals surface area (Å²) in [5, 5.41) is 22.8. The molecule has 288 valence electrons. The van der Waals surface area contributed by atoms with Crippen molar-refractivity contribution in [3.8, 4) is 17.2 Å². The van der Waals surface area contributed by atoms with Crippen LogP contribution >= 0.6 is 0 Å². The molecule has 0 spiro atoms. The van der Waals surface area contributed by atoms with Crippen LogP contribution in [0.2, 0.25) is 0 Å². The Balaban J connectivity index is 1.19. The van der Waals surface area contributed by atoms with Gasteiger partial charge in [0, 0.05) is 30.7 Å². The van der Waals surface area contributed by atoms with Gasteiger partial charge in [0.2, 0.25) is 11.7 Å². The third-order valence-electron chi connectivity index (χ3n) is 9.88. The lowest BCUT2D eigenvalue weighted by Crippen LogP contribution is -2.62. The second kappa shape index (κ2) is 17.4. The molecule has 2 fully saturated rings. The Morgan fingerprint density at radius 3 is 2.30 bits per heavy atom. The molecule has 2 aliphatic heterocycles. The van der Waals surface area contributed by atoms with Crippen LogP contribution < -0.4 is 19.5 Å². The molecule has 3 atom stereocenters. The van der Waals surface area contributed by atoms with E-state index >= 15 is 0 Å². The summed E-state index contributed by atoms with van der Waals surface area (Å²) in [5.74, 6) is -4.64. The minimum absolute atomic E-state index is 0.0282. The number of amides is 2. The monoisotopic (exact) mass is 751 g/mol. The van der Waals surface area contributed by atoms with Crippen LogP contribution in [0.3, 0.4) is 0 Å². The van der Waals surface area contributed by atoms with Crippen LogP contribution in [0.25, 0.3) is 5.57 Å². The Hall–Kier alpha value is -5.08. The zero-order chi connectivity index (χ0) is 38.4. The SMILES string of the molecule is COc1ccc(OCCN(C(=O)C2=C(c3ccc(CCCOc4c(F)ccc(F)c4F)cc3)CC3CN(C(=O)CC(O)CC(=O)O)CC2N3)C2CC2)cc1. The molecule has 14 heteroatoms. The van der Waals surface area contributed by atoms with E-state index in [-0.39, 0.29) is 50.1 Å². The normalized spacial score (nSPS) is 18.6. The van der Waals surface area contributed by atoms with Crippen LogP contribution in [0.5, 0.6) is 17.2 Å². The maximum atomic E-state index is 14.6. The minimum atomic E-state index is -1.36. The van der Waals surface area contributed by atoms with E-state index in [0.717, 1.165) is 35.6 Å². The van der Waals surface area contributed by atoms with E-state index in [4.69, 9.17) is 19.3 Å². The summed E-state index contributed by atoms with van der Waals surface area (Å²) in [4.78, 5) is 42.4. The lowest BCUT2D eigenvalue weighted by atomic mass is 9.82. The highest BCUT2D eigenvalue weighted by atomic mass is 19.2. The number of piperazine rings is 1. The van der Waals surface area contributed by atoms with Gasteiger partial charge in [-0.25, -0.2) is 8.78 Å². The van der Waals surface area contributed by atoms with Crippen molar-refractivity contribution in [1.82, 2.24) is 15.1 Å². The maximum Gasteiger partial charge on any atom is 0.305 e. The lowest BCUT2D eigenvalue weighted by Gasteiger charge is -2.45. The number of hydrogen-bond donors (Lipinski definition) is 3. The van der Waals surface area contributed by atoms with E-state index in [1.54, 1.807) is 36.3 Å². The zero-order valence-corrected chi connectivity index (χ0v) is 29.9. The third kappa shape index (κ3) is 9.52. The molecule has 2 heterocycles. The van der Waals surface area contributed by atoms with Crippen LogP contribution in [0.15, 0.2) is 66.2 Å². The molecule has 1 saturated heterocycles. The van der Waals surface area contributed by atoms with Gasteiger partial charge in [-0.1, -0.05) is 24.3 Å². The highest BCUT2D eigenvalue weighted by Gasteiger charge is 2.43. The number of aryl methyl sites for hydroxylation is 1. The zero-order valence-electron chi connectivity index (χ0n) is 29.9. The first-order chi connectivity index (χ1) is 26.0. The van der Waals surface area contributed by atoms with Crippen molar-refractivity contribution < 1.29 is 52.0 Å². The molecule has 1 aliphatic carbocycles. The van der Waals surface area contributed by atoms with Gasteiger partial charge in [0.25, 0.3) is 5.91 Å². The van der Waals surface area contributed by atoms with Crippen LogP contribution in [-0.2, 0) is 20.8 Å². The van der Waals surface area contributed by atoms with Crippen LogP contribution in [0, 0.1) is 17.5 Å². The fourth-order valence-corrected chi connectivity index (χ4v) is 7.06. The first-order valence-corrected chi connectivity index (χ1v) is 18.1. The van der Waals surface area contributed by atoms with Gasteiger partial charge in [0.05, 0.1) is 45.2 Å². The molecule has 1 saturated carbocycles. The minimum Gasteiger partial charge on any atom is -0.497 e. The van der Waals surface area contributed by atoms with Gasteiger partial charge in [-0.05, 0) is 85.2 Å². The number of aliphatic hydroxyl groups is 1. The number of halogens is 3. The molecule has 3 aromatic carbocycles. The number of benzene rings is 3. The highest BCUT2D eigenvalue weighted by Crippen LogP contribution is 2.37. The molecule has 3 N–H and O–H groups in total. The molecule has 3 unspecified atom stereocenters. The van der Waals surface area contributed by atoms with Crippen molar-refractivity contribution in [1.29, 1.82) is 0 Å². The van der Waals surface area contributed by atoms with E-state index < -0.39 is 47.7 Å². The van der Waals surface area contributed by atoms with Gasteiger partial charge >= 0.3 is 5.97 Å². The second-order valence-corrected chi connectivity index (χ2v) is 13.8. The fraction of sp³-hybridized carbons (Fsp3) is 0.425.